The van der Waals surface area contributed by atoms with Gasteiger partial charge in [0.25, 0.3) is 0 Å². The molecule has 0 spiro atoms. The van der Waals surface area contributed by atoms with Crippen molar-refractivity contribution >= 4 is 34.4 Å². The van der Waals surface area contributed by atoms with Crippen molar-refractivity contribution in [3.63, 3.8) is 0 Å². The van der Waals surface area contributed by atoms with Gasteiger partial charge in [0.1, 0.15) is 5.58 Å². The maximum Gasteiger partial charge on any atom is 0.242 e. The smallest absolute Gasteiger partial charge is 0.242 e. The van der Waals surface area contributed by atoms with Gasteiger partial charge in [0, 0.05) is 30.6 Å². The standard InChI is InChI=1S/C31H33ClN2O7/c32-23-8-10-26-25(13-23)30(36)22(18-39-26)15-33(14-20-7-9-27-28(12-20)41-19-40-27)29(35)17-34(16-24-6-3-11-38-24)31(37)21-4-1-2-5-21/h7-10,12-13,18,21,24H,1-6,11,14-17,19H2. The number of rotatable bonds is 9. The average Bonchev–Trinajstić information content (AvgIpc) is 3.77. The van der Waals surface area contributed by atoms with E-state index in [-0.39, 0.29) is 55.7 Å². The van der Waals surface area contributed by atoms with E-state index in [2.05, 4.69) is 0 Å². The zero-order chi connectivity index (χ0) is 28.3. The van der Waals surface area contributed by atoms with Crippen LogP contribution >= 0.6 is 11.6 Å². The summed E-state index contributed by atoms with van der Waals surface area (Å²) in [6.45, 7) is 1.31. The fourth-order valence-corrected chi connectivity index (χ4v) is 6.08. The molecule has 2 fully saturated rings. The van der Waals surface area contributed by atoms with Crippen molar-refractivity contribution in [1.82, 2.24) is 9.80 Å². The molecule has 216 valence electrons. The van der Waals surface area contributed by atoms with Crippen molar-refractivity contribution < 1.29 is 28.2 Å². The van der Waals surface area contributed by atoms with E-state index < -0.39 is 0 Å². The van der Waals surface area contributed by atoms with Gasteiger partial charge in [-0.05, 0) is 61.6 Å². The molecule has 2 aromatic carbocycles. The number of ether oxygens (including phenoxy) is 3. The van der Waals surface area contributed by atoms with Gasteiger partial charge in [0.05, 0.1) is 36.4 Å². The van der Waals surface area contributed by atoms with Crippen molar-refractivity contribution in [1.29, 1.82) is 0 Å². The lowest BCUT2D eigenvalue weighted by Crippen LogP contribution is -2.47. The van der Waals surface area contributed by atoms with E-state index in [1.54, 1.807) is 34.1 Å². The molecule has 1 unspecified atom stereocenters. The highest BCUT2D eigenvalue weighted by Crippen LogP contribution is 2.33. The van der Waals surface area contributed by atoms with E-state index in [1.165, 1.54) is 6.26 Å². The number of benzene rings is 2. The first kappa shape index (κ1) is 27.6. The quantitative estimate of drug-likeness (QED) is 0.355. The molecule has 3 aliphatic rings. The molecule has 1 atom stereocenters. The third-order valence-electron chi connectivity index (χ3n) is 8.12. The Morgan fingerprint density at radius 1 is 0.927 bits per heavy atom. The van der Waals surface area contributed by atoms with Crippen LogP contribution in [0.3, 0.4) is 0 Å². The molecule has 2 aliphatic heterocycles. The van der Waals surface area contributed by atoms with Gasteiger partial charge in [-0.25, -0.2) is 0 Å². The Morgan fingerprint density at radius 2 is 1.76 bits per heavy atom. The second kappa shape index (κ2) is 12.1. The summed E-state index contributed by atoms with van der Waals surface area (Å²) in [5, 5.41) is 0.771. The van der Waals surface area contributed by atoms with Gasteiger partial charge in [0.15, 0.2) is 16.9 Å². The van der Waals surface area contributed by atoms with Crippen LogP contribution in [0.2, 0.25) is 5.02 Å². The second-order valence-electron chi connectivity index (χ2n) is 11.0. The molecular formula is C31H33ClN2O7. The minimum absolute atomic E-state index is 0.00342. The average molecular weight is 581 g/mol. The molecular weight excluding hydrogens is 548 g/mol. The maximum atomic E-state index is 14.0. The molecule has 2 amide bonds. The summed E-state index contributed by atoms with van der Waals surface area (Å²) in [6.07, 6.45) is 6.87. The fourth-order valence-electron chi connectivity index (χ4n) is 5.91. The molecule has 41 heavy (non-hydrogen) atoms. The molecule has 9 nitrogen and oxygen atoms in total. The number of hydrogen-bond acceptors (Lipinski definition) is 7. The van der Waals surface area contributed by atoms with Gasteiger partial charge in [-0.3, -0.25) is 14.4 Å². The second-order valence-corrected chi connectivity index (χ2v) is 11.4. The topological polar surface area (TPSA) is 98.5 Å². The molecule has 0 bridgehead atoms. The van der Waals surface area contributed by atoms with Crippen molar-refractivity contribution in [3.8, 4) is 11.5 Å². The predicted octanol–water partition coefficient (Wildman–Crippen LogP) is 4.90. The molecule has 0 radical (unpaired) electrons. The molecule has 6 rings (SSSR count). The fraction of sp³-hybridized carbons (Fsp3) is 0.452. The summed E-state index contributed by atoms with van der Waals surface area (Å²) in [4.78, 5) is 44.2. The van der Waals surface area contributed by atoms with E-state index in [4.69, 9.17) is 30.2 Å². The van der Waals surface area contributed by atoms with Crippen molar-refractivity contribution in [2.75, 3.05) is 26.5 Å². The van der Waals surface area contributed by atoms with Gasteiger partial charge in [-0.15, -0.1) is 0 Å². The van der Waals surface area contributed by atoms with Gasteiger partial charge in [-0.1, -0.05) is 30.5 Å². The number of hydrogen-bond donors (Lipinski definition) is 0. The number of carbonyl (C=O) groups is 2. The van der Waals surface area contributed by atoms with Crippen LogP contribution < -0.4 is 14.9 Å². The van der Waals surface area contributed by atoms with Crippen LogP contribution in [0.15, 0.2) is 51.9 Å². The Kier molecular flexibility index (Phi) is 8.16. The monoisotopic (exact) mass is 580 g/mol. The molecule has 1 aliphatic carbocycles. The van der Waals surface area contributed by atoms with Crippen LogP contribution in [0.1, 0.15) is 49.7 Å². The van der Waals surface area contributed by atoms with Gasteiger partial charge < -0.3 is 28.4 Å². The number of fused-ring (bicyclic) bond motifs is 2. The van der Waals surface area contributed by atoms with E-state index in [0.29, 0.717) is 46.2 Å². The summed E-state index contributed by atoms with van der Waals surface area (Å²) in [5.41, 5.74) is 1.29. The van der Waals surface area contributed by atoms with Crippen LogP contribution in [-0.4, -0.2) is 54.2 Å². The number of amides is 2. The molecule has 0 N–H and O–H groups in total. The van der Waals surface area contributed by atoms with Crippen LogP contribution in [0.5, 0.6) is 11.5 Å². The van der Waals surface area contributed by atoms with Crippen LogP contribution in [0, 0.1) is 5.92 Å². The van der Waals surface area contributed by atoms with Crippen molar-refractivity contribution in [2.24, 2.45) is 5.92 Å². The van der Waals surface area contributed by atoms with Crippen molar-refractivity contribution in [2.45, 2.75) is 57.7 Å². The minimum Gasteiger partial charge on any atom is -0.464 e. The maximum absolute atomic E-state index is 14.0. The Labute approximate surface area is 242 Å². The molecule has 1 aromatic heterocycles. The zero-order valence-electron chi connectivity index (χ0n) is 22.8. The molecule has 10 heteroatoms. The first-order valence-electron chi connectivity index (χ1n) is 14.2. The zero-order valence-corrected chi connectivity index (χ0v) is 23.6. The van der Waals surface area contributed by atoms with Crippen LogP contribution in [0.4, 0.5) is 0 Å². The lowest BCUT2D eigenvalue weighted by atomic mass is 10.1. The largest absolute Gasteiger partial charge is 0.464 e. The third-order valence-corrected chi connectivity index (χ3v) is 8.36. The lowest BCUT2D eigenvalue weighted by Gasteiger charge is -2.30. The Hall–Kier alpha value is -3.56. The summed E-state index contributed by atoms with van der Waals surface area (Å²) >= 11 is 6.15. The molecule has 1 saturated carbocycles. The highest BCUT2D eigenvalue weighted by atomic mass is 35.5. The Morgan fingerprint density at radius 3 is 2.56 bits per heavy atom. The highest BCUT2D eigenvalue weighted by molar-refractivity contribution is 6.31. The Balaban J connectivity index is 1.28. The van der Waals surface area contributed by atoms with Gasteiger partial charge >= 0.3 is 0 Å². The van der Waals surface area contributed by atoms with Crippen LogP contribution in [-0.2, 0) is 27.4 Å². The molecule has 1 saturated heterocycles. The first-order valence-corrected chi connectivity index (χ1v) is 14.6. The number of halogens is 1. The lowest BCUT2D eigenvalue weighted by molar-refractivity contribution is -0.144. The summed E-state index contributed by atoms with van der Waals surface area (Å²) in [5.74, 6) is 0.922. The minimum atomic E-state index is -0.266. The Bertz CT molecular complexity index is 1490. The number of nitrogens with zero attached hydrogens (tertiary/aromatic N) is 2. The number of carbonyl (C=O) groups excluding carboxylic acids is 2. The van der Waals surface area contributed by atoms with Gasteiger partial charge in [0.2, 0.25) is 18.6 Å². The SMILES string of the molecule is O=C(CN(CC1CCCO1)C(=O)C1CCCC1)N(Cc1ccc2c(c1)OCO2)Cc1coc2ccc(Cl)cc2c1=O. The summed E-state index contributed by atoms with van der Waals surface area (Å²) in [6, 6.07) is 10.4. The third kappa shape index (κ3) is 6.21. The van der Waals surface area contributed by atoms with E-state index in [1.807, 2.05) is 12.1 Å². The first-order chi connectivity index (χ1) is 19.9. The predicted molar refractivity (Wildman–Crippen MR) is 152 cm³/mol. The van der Waals surface area contributed by atoms with Crippen molar-refractivity contribution in [3.05, 3.63) is 69.0 Å². The van der Waals surface area contributed by atoms with E-state index in [9.17, 15) is 14.4 Å². The van der Waals surface area contributed by atoms with Gasteiger partial charge in [-0.2, -0.15) is 0 Å². The van der Waals surface area contributed by atoms with Crippen LogP contribution in [0.25, 0.3) is 11.0 Å². The molecule has 3 heterocycles. The summed E-state index contributed by atoms with van der Waals surface area (Å²) < 4.78 is 22.5. The normalized spacial score (nSPS) is 18.2. The van der Waals surface area contributed by atoms with E-state index >= 15 is 0 Å². The molecule has 3 aromatic rings. The van der Waals surface area contributed by atoms with E-state index in [0.717, 1.165) is 44.1 Å². The summed E-state index contributed by atoms with van der Waals surface area (Å²) in [7, 11) is 0. The highest BCUT2D eigenvalue weighted by Gasteiger charge is 2.32.